The van der Waals surface area contributed by atoms with Crippen molar-refractivity contribution in [3.05, 3.63) is 77.4 Å². The number of rotatable bonds is 4. The van der Waals surface area contributed by atoms with Crippen LogP contribution in [0, 0.1) is 0 Å². The van der Waals surface area contributed by atoms with Crippen LogP contribution in [-0.4, -0.2) is 36.2 Å². The molecule has 2 aromatic rings. The Morgan fingerprint density at radius 2 is 1.32 bits per heavy atom. The second-order valence-electron chi connectivity index (χ2n) is 5.78. The van der Waals surface area contributed by atoms with Gasteiger partial charge in [-0.1, -0.05) is 66.2 Å². The van der Waals surface area contributed by atoms with Gasteiger partial charge in [-0.15, -0.1) is 0 Å². The number of nitrogens with zero attached hydrogens (tertiary/aromatic N) is 1. The van der Waals surface area contributed by atoms with Crippen LogP contribution in [0.2, 0.25) is 0 Å². The van der Waals surface area contributed by atoms with Crippen molar-refractivity contribution in [3.8, 4) is 0 Å². The first kappa shape index (κ1) is 15.0. The smallest absolute Gasteiger partial charge is 0.0558 e. The molecule has 2 heteroatoms. The number of likely N-dealkylation sites (tertiary alicyclic amines) is 1. The lowest BCUT2D eigenvalue weighted by molar-refractivity contribution is 0.187. The third-order valence-corrected chi connectivity index (χ3v) is 4.35. The van der Waals surface area contributed by atoms with E-state index in [-0.39, 0.29) is 6.61 Å². The molecule has 1 saturated heterocycles. The molecule has 0 aromatic heterocycles. The van der Waals surface area contributed by atoms with Crippen LogP contribution in [-0.2, 0) is 0 Å². The lowest BCUT2D eigenvalue weighted by atomic mass is 9.88. The fourth-order valence-electron chi connectivity index (χ4n) is 3.22. The van der Waals surface area contributed by atoms with Gasteiger partial charge in [-0.25, -0.2) is 0 Å². The Morgan fingerprint density at radius 1 is 0.818 bits per heavy atom. The molecule has 0 amide bonds. The maximum Gasteiger partial charge on any atom is 0.0558 e. The number of aliphatic hydroxyl groups is 1. The highest BCUT2D eigenvalue weighted by atomic mass is 16.3. The van der Waals surface area contributed by atoms with Gasteiger partial charge in [-0.3, -0.25) is 0 Å². The summed E-state index contributed by atoms with van der Waals surface area (Å²) >= 11 is 0. The first-order valence-corrected chi connectivity index (χ1v) is 8.04. The fourth-order valence-corrected chi connectivity index (χ4v) is 3.22. The molecule has 2 nitrogen and oxygen atoms in total. The molecule has 0 radical (unpaired) electrons. The van der Waals surface area contributed by atoms with Crippen molar-refractivity contribution in [1.29, 1.82) is 0 Å². The van der Waals surface area contributed by atoms with E-state index in [1.165, 1.54) is 22.3 Å². The van der Waals surface area contributed by atoms with Crippen molar-refractivity contribution in [2.24, 2.45) is 0 Å². The quantitative estimate of drug-likeness (QED) is 0.931. The van der Waals surface area contributed by atoms with Crippen molar-refractivity contribution >= 4 is 5.57 Å². The molecular formula is C20H23NO. The van der Waals surface area contributed by atoms with Crippen LogP contribution in [0.15, 0.2) is 66.2 Å². The predicted molar refractivity (Wildman–Crippen MR) is 91.7 cm³/mol. The van der Waals surface area contributed by atoms with Crippen molar-refractivity contribution < 1.29 is 5.11 Å². The SMILES string of the molecule is OCCN1CCC(=C(c2ccccc2)c2ccccc2)CC1. The summed E-state index contributed by atoms with van der Waals surface area (Å²) in [6.45, 7) is 3.13. The highest BCUT2D eigenvalue weighted by molar-refractivity contribution is 5.82. The van der Waals surface area contributed by atoms with Gasteiger partial charge in [-0.05, 0) is 29.5 Å². The van der Waals surface area contributed by atoms with E-state index in [1.54, 1.807) is 0 Å². The highest BCUT2D eigenvalue weighted by Crippen LogP contribution is 2.32. The topological polar surface area (TPSA) is 23.5 Å². The van der Waals surface area contributed by atoms with Crippen molar-refractivity contribution in [2.75, 3.05) is 26.2 Å². The molecule has 114 valence electrons. The second-order valence-corrected chi connectivity index (χ2v) is 5.78. The number of hydrogen-bond acceptors (Lipinski definition) is 2. The minimum atomic E-state index is 0.253. The molecule has 3 rings (SSSR count). The third kappa shape index (κ3) is 3.46. The third-order valence-electron chi connectivity index (χ3n) is 4.35. The molecule has 0 spiro atoms. The van der Waals surface area contributed by atoms with Gasteiger partial charge < -0.3 is 10.0 Å². The van der Waals surface area contributed by atoms with Crippen LogP contribution in [0.1, 0.15) is 24.0 Å². The maximum absolute atomic E-state index is 9.10. The van der Waals surface area contributed by atoms with E-state index in [0.29, 0.717) is 0 Å². The molecular weight excluding hydrogens is 270 g/mol. The molecule has 1 heterocycles. The van der Waals surface area contributed by atoms with E-state index in [1.807, 2.05) is 0 Å². The second kappa shape index (κ2) is 7.39. The Labute approximate surface area is 132 Å². The molecule has 2 aromatic carbocycles. The van der Waals surface area contributed by atoms with Crippen LogP contribution in [0.4, 0.5) is 0 Å². The van der Waals surface area contributed by atoms with Crippen LogP contribution >= 0.6 is 0 Å². The first-order chi connectivity index (χ1) is 10.9. The number of hydrogen-bond donors (Lipinski definition) is 1. The number of aliphatic hydroxyl groups excluding tert-OH is 1. The minimum absolute atomic E-state index is 0.253. The first-order valence-electron chi connectivity index (χ1n) is 8.04. The van der Waals surface area contributed by atoms with Gasteiger partial charge >= 0.3 is 0 Å². The Hall–Kier alpha value is -1.90. The van der Waals surface area contributed by atoms with E-state index < -0.39 is 0 Å². The molecule has 0 saturated carbocycles. The molecule has 0 bridgehead atoms. The zero-order valence-corrected chi connectivity index (χ0v) is 12.9. The lowest BCUT2D eigenvalue weighted by Gasteiger charge is -2.29. The zero-order chi connectivity index (χ0) is 15.2. The summed E-state index contributed by atoms with van der Waals surface area (Å²) in [6.07, 6.45) is 2.16. The van der Waals surface area contributed by atoms with E-state index in [9.17, 15) is 0 Å². The van der Waals surface area contributed by atoms with Gasteiger partial charge in [0.25, 0.3) is 0 Å². The van der Waals surface area contributed by atoms with E-state index in [4.69, 9.17) is 5.11 Å². The molecule has 1 fully saturated rings. The Bertz CT molecular complexity index is 567. The largest absolute Gasteiger partial charge is 0.395 e. The number of benzene rings is 2. The van der Waals surface area contributed by atoms with Crippen molar-refractivity contribution in [3.63, 3.8) is 0 Å². The van der Waals surface area contributed by atoms with Crippen molar-refractivity contribution in [2.45, 2.75) is 12.8 Å². The average molecular weight is 293 g/mol. The van der Waals surface area contributed by atoms with Gasteiger partial charge in [-0.2, -0.15) is 0 Å². The summed E-state index contributed by atoms with van der Waals surface area (Å²) in [6, 6.07) is 21.4. The Balaban J connectivity index is 1.95. The molecule has 1 N–H and O–H groups in total. The summed E-state index contributed by atoms with van der Waals surface area (Å²) in [5, 5.41) is 9.10. The van der Waals surface area contributed by atoms with Crippen LogP contribution in [0.25, 0.3) is 5.57 Å². The standard InChI is InChI=1S/C20H23NO/c22-16-15-21-13-11-19(12-14-21)20(17-7-3-1-4-8-17)18-9-5-2-6-10-18/h1-10,22H,11-16H2. The van der Waals surface area contributed by atoms with Crippen molar-refractivity contribution in [1.82, 2.24) is 4.90 Å². The van der Waals surface area contributed by atoms with E-state index in [2.05, 4.69) is 65.6 Å². The minimum Gasteiger partial charge on any atom is -0.395 e. The zero-order valence-electron chi connectivity index (χ0n) is 12.9. The Morgan fingerprint density at radius 3 is 1.77 bits per heavy atom. The molecule has 1 aliphatic rings. The van der Waals surface area contributed by atoms with E-state index in [0.717, 1.165) is 32.5 Å². The molecule has 0 unspecified atom stereocenters. The van der Waals surface area contributed by atoms with Gasteiger partial charge in [0.1, 0.15) is 0 Å². The van der Waals surface area contributed by atoms with Gasteiger partial charge in [0, 0.05) is 19.6 Å². The van der Waals surface area contributed by atoms with Gasteiger partial charge in [0.2, 0.25) is 0 Å². The number of β-amino-alcohol motifs (C(OH)–C–C–N with tert-alkyl or cyclic N) is 1. The summed E-state index contributed by atoms with van der Waals surface area (Å²) < 4.78 is 0. The Kier molecular flexibility index (Phi) is 5.04. The molecule has 0 aliphatic carbocycles. The molecule has 1 aliphatic heterocycles. The van der Waals surface area contributed by atoms with E-state index >= 15 is 0 Å². The molecule has 22 heavy (non-hydrogen) atoms. The van der Waals surface area contributed by atoms with Crippen LogP contribution in [0.5, 0.6) is 0 Å². The normalized spacial score (nSPS) is 15.8. The van der Waals surface area contributed by atoms with Crippen LogP contribution in [0.3, 0.4) is 0 Å². The predicted octanol–water partition coefficient (Wildman–Crippen LogP) is 3.58. The average Bonchev–Trinajstić information content (AvgIpc) is 2.59. The summed E-state index contributed by atoms with van der Waals surface area (Å²) in [5.41, 5.74) is 5.54. The van der Waals surface area contributed by atoms with Gasteiger partial charge in [0.05, 0.1) is 6.61 Å². The highest BCUT2D eigenvalue weighted by Gasteiger charge is 2.18. The molecule has 0 atom stereocenters. The van der Waals surface area contributed by atoms with Gasteiger partial charge in [0.15, 0.2) is 0 Å². The summed E-state index contributed by atoms with van der Waals surface area (Å²) in [5.74, 6) is 0. The monoisotopic (exact) mass is 293 g/mol. The summed E-state index contributed by atoms with van der Waals surface area (Å²) in [4.78, 5) is 2.34. The van der Waals surface area contributed by atoms with Crippen LogP contribution < -0.4 is 0 Å². The maximum atomic E-state index is 9.10. The number of piperidine rings is 1. The fraction of sp³-hybridized carbons (Fsp3) is 0.300. The lowest BCUT2D eigenvalue weighted by Crippen LogP contribution is -2.33. The summed E-state index contributed by atoms with van der Waals surface area (Å²) in [7, 11) is 0.